The Morgan fingerprint density at radius 1 is 0.750 bits per heavy atom. The molecule has 2 aliphatic heterocycles. The second-order valence-corrected chi connectivity index (χ2v) is 16.0. The predicted molar refractivity (Wildman–Crippen MR) is 160 cm³/mol. The third-order valence-corrected chi connectivity index (χ3v) is 11.4. The molecule has 0 atom stereocenters. The predicted octanol–water partition coefficient (Wildman–Crippen LogP) is 6.71. The van der Waals surface area contributed by atoms with E-state index in [0.717, 1.165) is 26.2 Å². The van der Waals surface area contributed by atoms with Gasteiger partial charge in [0.2, 0.25) is 0 Å². The zero-order valence-electron chi connectivity index (χ0n) is 25.6. The van der Waals surface area contributed by atoms with E-state index >= 15 is 0 Å². The monoisotopic (exact) mass is 521 g/mol. The zero-order valence-corrected chi connectivity index (χ0v) is 26.5. The molecule has 2 aliphatic rings. The third kappa shape index (κ3) is 6.65. The molecular formula is C29H58N6P+. The highest BCUT2D eigenvalue weighted by atomic mass is 31.2. The minimum absolute atomic E-state index is 0.00643. The fraction of sp³-hybridized carbons (Fsp3) is 0.897. The van der Waals surface area contributed by atoms with Crippen LogP contribution in [0, 0.1) is 0 Å². The number of nitrogens with one attached hydrogen (secondary N) is 1. The second kappa shape index (κ2) is 12.0. The lowest BCUT2D eigenvalue weighted by Crippen LogP contribution is -2.48. The summed E-state index contributed by atoms with van der Waals surface area (Å²) >= 11 is 0. The number of hydrogen-bond acceptors (Lipinski definition) is 2. The fourth-order valence-electron chi connectivity index (χ4n) is 6.34. The average molecular weight is 522 g/mol. The lowest BCUT2D eigenvalue weighted by Gasteiger charge is -2.49. The molecular weight excluding hydrogens is 463 g/mol. The molecule has 0 unspecified atom stereocenters. The molecule has 0 radical (unpaired) electrons. The largest absolute Gasteiger partial charge is 0.359 e. The highest BCUT2D eigenvalue weighted by Gasteiger charge is 2.44. The van der Waals surface area contributed by atoms with Gasteiger partial charge in [0.25, 0.3) is 5.36 Å². The first-order valence-electron chi connectivity index (χ1n) is 14.9. The molecule has 2 heterocycles. The van der Waals surface area contributed by atoms with Crippen LogP contribution in [-0.2, 0) is 0 Å². The van der Waals surface area contributed by atoms with Crippen LogP contribution < -0.4 is 19.9 Å². The summed E-state index contributed by atoms with van der Waals surface area (Å²) in [5.74, 6) is 0. The number of piperidine rings is 2. The van der Waals surface area contributed by atoms with Gasteiger partial charge in [0, 0.05) is 43.8 Å². The topological polar surface area (TPSA) is 37.1 Å². The molecule has 2 saturated heterocycles. The Bertz CT molecular complexity index is 877. The van der Waals surface area contributed by atoms with Crippen LogP contribution in [0.25, 0.3) is 0 Å². The fourth-order valence-corrected chi connectivity index (χ4v) is 10.3. The molecule has 0 spiro atoms. The zero-order chi connectivity index (χ0) is 26.8. The molecule has 2 fully saturated rings. The smallest absolute Gasteiger partial charge is 0.254 e. The van der Waals surface area contributed by atoms with Crippen LogP contribution in [0.5, 0.6) is 0 Å². The quantitative estimate of drug-likeness (QED) is 0.289. The molecule has 208 valence electrons. The molecule has 6 nitrogen and oxygen atoms in total. The van der Waals surface area contributed by atoms with Crippen molar-refractivity contribution >= 4 is 18.9 Å². The molecule has 3 rings (SSSR count). The van der Waals surface area contributed by atoms with Crippen LogP contribution in [-0.4, -0.2) is 65.2 Å². The molecule has 0 saturated carbocycles. The molecule has 0 aromatic heterocycles. The first kappa shape index (κ1) is 29.9. The van der Waals surface area contributed by atoms with E-state index in [2.05, 4.69) is 100 Å². The average Bonchev–Trinajstić information content (AvgIpc) is 3.43. The lowest BCUT2D eigenvalue weighted by molar-refractivity contribution is 0.290. The van der Waals surface area contributed by atoms with Crippen LogP contribution in [0.3, 0.4) is 0 Å². The van der Waals surface area contributed by atoms with Crippen molar-refractivity contribution in [3.63, 3.8) is 0 Å². The van der Waals surface area contributed by atoms with Crippen molar-refractivity contribution in [3.8, 4) is 0 Å². The minimum Gasteiger partial charge on any atom is -0.359 e. The van der Waals surface area contributed by atoms with Gasteiger partial charge in [0.1, 0.15) is 17.8 Å². The van der Waals surface area contributed by atoms with E-state index in [9.17, 15) is 0 Å². The first-order valence-corrected chi connectivity index (χ1v) is 16.6. The van der Waals surface area contributed by atoms with Gasteiger partial charge in [-0.25, -0.2) is 18.7 Å². The SMILES string of the molecule is CC(C)N(c1c(N=P(NC(C)(C)C)(N2CCCCC2)N2CCCCC2)c1=[N+](C(C)C)C(C)C)C(C)C. The van der Waals surface area contributed by atoms with Crippen molar-refractivity contribution in [2.24, 2.45) is 4.74 Å². The van der Waals surface area contributed by atoms with E-state index in [4.69, 9.17) is 4.74 Å². The Labute approximate surface area is 223 Å². The molecule has 1 N–H and O–H groups in total. The van der Waals surface area contributed by atoms with Gasteiger partial charge in [-0.2, -0.15) is 0 Å². The van der Waals surface area contributed by atoms with E-state index in [0.29, 0.717) is 24.2 Å². The molecule has 1 aromatic rings. The molecule has 0 bridgehead atoms. The van der Waals surface area contributed by atoms with Crippen LogP contribution in [0.15, 0.2) is 4.74 Å². The van der Waals surface area contributed by atoms with Crippen molar-refractivity contribution in [2.45, 2.75) is 144 Å². The number of nitrogens with zero attached hydrogens (tertiary/aromatic N) is 5. The van der Waals surface area contributed by atoms with Crippen LogP contribution in [0.2, 0.25) is 0 Å². The van der Waals surface area contributed by atoms with E-state index in [1.165, 1.54) is 55.3 Å². The first-order chi connectivity index (χ1) is 16.8. The van der Waals surface area contributed by atoms with Crippen molar-refractivity contribution in [3.05, 3.63) is 5.36 Å². The Morgan fingerprint density at radius 3 is 1.50 bits per heavy atom. The van der Waals surface area contributed by atoms with Gasteiger partial charge in [0.15, 0.2) is 13.2 Å². The minimum atomic E-state index is -2.13. The van der Waals surface area contributed by atoms with Crippen LogP contribution in [0.1, 0.15) is 115 Å². The summed E-state index contributed by atoms with van der Waals surface area (Å²) in [5.41, 5.74) is 2.67. The van der Waals surface area contributed by atoms with Crippen molar-refractivity contribution in [2.75, 3.05) is 31.1 Å². The van der Waals surface area contributed by atoms with Gasteiger partial charge in [-0.3, -0.25) is 5.09 Å². The summed E-state index contributed by atoms with van der Waals surface area (Å²) < 4.78 is 14.2. The number of anilines is 1. The molecule has 0 aliphatic carbocycles. The lowest BCUT2D eigenvalue weighted by atomic mass is 10.1. The normalized spacial score (nSPS) is 19.3. The third-order valence-electron chi connectivity index (χ3n) is 7.53. The summed E-state index contributed by atoms with van der Waals surface area (Å²) in [6.45, 7) is 30.3. The maximum Gasteiger partial charge on any atom is 0.254 e. The summed E-state index contributed by atoms with van der Waals surface area (Å²) in [6, 6.07) is 1.77. The Morgan fingerprint density at radius 2 is 1.17 bits per heavy atom. The molecule has 36 heavy (non-hydrogen) atoms. The summed E-state index contributed by atoms with van der Waals surface area (Å²) in [6.07, 6.45) is 7.84. The van der Waals surface area contributed by atoms with Crippen molar-refractivity contribution in [1.82, 2.24) is 19.0 Å². The van der Waals surface area contributed by atoms with Crippen molar-refractivity contribution < 1.29 is 0 Å². The molecule has 0 amide bonds. The van der Waals surface area contributed by atoms with Gasteiger partial charge in [-0.05, 0) is 102 Å². The van der Waals surface area contributed by atoms with Gasteiger partial charge in [-0.15, -0.1) is 0 Å². The second-order valence-electron chi connectivity index (χ2n) is 13.3. The van der Waals surface area contributed by atoms with Gasteiger partial charge >= 0.3 is 0 Å². The number of hydrogen-bond donors (Lipinski definition) is 1. The summed E-state index contributed by atoms with van der Waals surface area (Å²) in [7, 11) is -2.13. The highest BCUT2D eigenvalue weighted by molar-refractivity contribution is 7.59. The van der Waals surface area contributed by atoms with E-state index in [1.807, 2.05) is 0 Å². The van der Waals surface area contributed by atoms with Crippen LogP contribution in [0.4, 0.5) is 11.4 Å². The van der Waals surface area contributed by atoms with Gasteiger partial charge in [0.05, 0.1) is 0 Å². The number of rotatable bonds is 9. The van der Waals surface area contributed by atoms with Crippen LogP contribution >= 0.6 is 7.51 Å². The van der Waals surface area contributed by atoms with Crippen molar-refractivity contribution in [1.29, 1.82) is 0 Å². The van der Waals surface area contributed by atoms with E-state index in [-0.39, 0.29) is 5.54 Å². The summed E-state index contributed by atoms with van der Waals surface area (Å²) in [5, 5.41) is 5.63. The molecule has 1 aromatic carbocycles. The maximum absolute atomic E-state index is 6.00. The standard InChI is InChI=1S/C29H58N6P/c1-22(2)34(23(3)4)27-26(28(27)35(24(5)6)25(7)8)30-36(31-29(9,10)11,32-18-14-12-15-19-32)33-20-16-13-17-21-33/h22-25,31H,12-21H2,1-11H3/q+1. The van der Waals surface area contributed by atoms with Gasteiger partial charge in [-0.1, -0.05) is 12.8 Å². The van der Waals surface area contributed by atoms with E-state index < -0.39 is 7.51 Å². The van der Waals surface area contributed by atoms with E-state index in [1.54, 1.807) is 0 Å². The maximum atomic E-state index is 6.00. The Kier molecular flexibility index (Phi) is 9.97. The highest BCUT2D eigenvalue weighted by Crippen LogP contribution is 2.59. The Hall–Kier alpha value is -0.680. The molecule has 7 heteroatoms. The van der Waals surface area contributed by atoms with Gasteiger partial charge < -0.3 is 4.90 Å². The summed E-state index contributed by atoms with van der Waals surface area (Å²) in [4.78, 5) is 2.62. The Balaban J connectivity index is 2.35.